The van der Waals surface area contributed by atoms with Crippen LogP contribution in [0.1, 0.15) is 28.1 Å². The number of aromatic nitrogens is 3. The van der Waals surface area contributed by atoms with E-state index in [9.17, 15) is 4.79 Å². The van der Waals surface area contributed by atoms with Crippen molar-refractivity contribution >= 4 is 11.9 Å². The van der Waals surface area contributed by atoms with Crippen molar-refractivity contribution in [2.24, 2.45) is 0 Å². The Morgan fingerprint density at radius 3 is 2.88 bits per heavy atom. The minimum absolute atomic E-state index is 0.147. The number of pyridine rings is 1. The Labute approximate surface area is 187 Å². The van der Waals surface area contributed by atoms with E-state index in [1.165, 1.54) is 0 Å². The van der Waals surface area contributed by atoms with Gasteiger partial charge >= 0.3 is 0 Å². The molecule has 4 heterocycles. The number of nitrogens with zero attached hydrogens (tertiary/aromatic N) is 5. The number of amides is 1. The standard InChI is InChI=1S/C23H28N6O3/c1-31-21-6-7-25-23(27-21)29-11-9-28(10-12-29)8-2-4-18-14-19(16-24-15-18)22(30)26-17-20-5-3-13-32-20/h3,5-7,13-16H,2,4,8-12,17H2,1H3,(H,26,30). The molecule has 0 radical (unpaired) electrons. The van der Waals surface area contributed by atoms with Gasteiger partial charge in [0.2, 0.25) is 11.8 Å². The molecule has 4 rings (SSSR count). The molecule has 9 heteroatoms. The summed E-state index contributed by atoms with van der Waals surface area (Å²) in [6.45, 7) is 5.08. The second kappa shape index (κ2) is 10.7. The Morgan fingerprint density at radius 2 is 2.09 bits per heavy atom. The Hall–Kier alpha value is -3.46. The highest BCUT2D eigenvalue weighted by Gasteiger charge is 2.19. The van der Waals surface area contributed by atoms with Gasteiger partial charge in [0, 0.05) is 50.8 Å². The Bertz CT molecular complexity index is 1000. The van der Waals surface area contributed by atoms with Gasteiger partial charge in [-0.3, -0.25) is 14.7 Å². The molecule has 0 aromatic carbocycles. The largest absolute Gasteiger partial charge is 0.481 e. The molecular weight excluding hydrogens is 408 g/mol. The summed E-state index contributed by atoms with van der Waals surface area (Å²) in [5, 5.41) is 2.86. The van der Waals surface area contributed by atoms with E-state index in [2.05, 4.69) is 30.1 Å². The molecule has 1 amide bonds. The monoisotopic (exact) mass is 436 g/mol. The van der Waals surface area contributed by atoms with Gasteiger partial charge in [-0.2, -0.15) is 4.98 Å². The molecule has 9 nitrogen and oxygen atoms in total. The van der Waals surface area contributed by atoms with Crippen LogP contribution in [-0.2, 0) is 13.0 Å². The topological polar surface area (TPSA) is 96.6 Å². The molecule has 0 atom stereocenters. The third kappa shape index (κ3) is 5.82. The molecule has 1 saturated heterocycles. The molecule has 0 unspecified atom stereocenters. The zero-order valence-corrected chi connectivity index (χ0v) is 18.2. The van der Waals surface area contributed by atoms with Crippen LogP contribution in [0.2, 0.25) is 0 Å². The van der Waals surface area contributed by atoms with Gasteiger partial charge in [-0.25, -0.2) is 4.98 Å². The zero-order chi connectivity index (χ0) is 22.2. The second-order valence-electron chi connectivity index (χ2n) is 7.68. The van der Waals surface area contributed by atoms with E-state index in [0.717, 1.165) is 62.8 Å². The molecule has 3 aromatic rings. The molecule has 3 aromatic heterocycles. The Kier molecular flexibility index (Phi) is 7.29. The van der Waals surface area contributed by atoms with Crippen LogP contribution in [0.4, 0.5) is 5.95 Å². The molecule has 0 bridgehead atoms. The number of carbonyl (C=O) groups excluding carboxylic acids is 1. The minimum atomic E-state index is -0.147. The van der Waals surface area contributed by atoms with Crippen molar-refractivity contribution in [1.29, 1.82) is 0 Å². The summed E-state index contributed by atoms with van der Waals surface area (Å²) in [6, 6.07) is 7.31. The number of rotatable bonds is 9. The first kappa shape index (κ1) is 21.8. The highest BCUT2D eigenvalue weighted by atomic mass is 16.5. The molecule has 1 aliphatic rings. The number of carbonyl (C=O) groups is 1. The molecule has 0 saturated carbocycles. The fraction of sp³-hybridized carbons (Fsp3) is 0.391. The predicted octanol–water partition coefficient (Wildman–Crippen LogP) is 2.16. The Morgan fingerprint density at radius 1 is 1.22 bits per heavy atom. The average Bonchev–Trinajstić information content (AvgIpc) is 3.37. The van der Waals surface area contributed by atoms with E-state index in [4.69, 9.17) is 9.15 Å². The van der Waals surface area contributed by atoms with Crippen molar-refractivity contribution in [3.63, 3.8) is 0 Å². The smallest absolute Gasteiger partial charge is 0.253 e. The van der Waals surface area contributed by atoms with Crippen LogP contribution in [-0.4, -0.2) is 65.6 Å². The quantitative estimate of drug-likeness (QED) is 0.545. The predicted molar refractivity (Wildman–Crippen MR) is 120 cm³/mol. The molecule has 32 heavy (non-hydrogen) atoms. The van der Waals surface area contributed by atoms with Crippen molar-refractivity contribution in [3.8, 4) is 5.88 Å². The number of ether oxygens (including phenoxy) is 1. The molecule has 0 spiro atoms. The van der Waals surface area contributed by atoms with Gasteiger partial charge < -0.3 is 19.4 Å². The van der Waals surface area contributed by atoms with Crippen LogP contribution in [0.25, 0.3) is 0 Å². The van der Waals surface area contributed by atoms with E-state index >= 15 is 0 Å². The van der Waals surface area contributed by atoms with Crippen LogP contribution < -0.4 is 15.0 Å². The first-order valence-electron chi connectivity index (χ1n) is 10.8. The third-order valence-electron chi connectivity index (χ3n) is 5.48. The summed E-state index contributed by atoms with van der Waals surface area (Å²) >= 11 is 0. The summed E-state index contributed by atoms with van der Waals surface area (Å²) in [7, 11) is 1.61. The summed E-state index contributed by atoms with van der Waals surface area (Å²) < 4.78 is 10.4. The van der Waals surface area contributed by atoms with Crippen LogP contribution >= 0.6 is 0 Å². The summed E-state index contributed by atoms with van der Waals surface area (Å²) in [5.74, 6) is 1.88. The van der Waals surface area contributed by atoms with Crippen LogP contribution in [0.15, 0.2) is 53.5 Å². The maximum absolute atomic E-state index is 12.4. The number of anilines is 1. The van der Waals surface area contributed by atoms with Crippen LogP contribution in [0, 0.1) is 0 Å². The van der Waals surface area contributed by atoms with Gasteiger partial charge in [0.25, 0.3) is 5.91 Å². The summed E-state index contributed by atoms with van der Waals surface area (Å²) in [6.07, 6.45) is 8.64. The molecule has 168 valence electrons. The average molecular weight is 437 g/mol. The van der Waals surface area contributed by atoms with Gasteiger partial charge in [0.15, 0.2) is 0 Å². The lowest BCUT2D eigenvalue weighted by Gasteiger charge is -2.34. The van der Waals surface area contributed by atoms with E-state index in [1.54, 1.807) is 37.9 Å². The first-order chi connectivity index (χ1) is 15.7. The van der Waals surface area contributed by atoms with E-state index in [-0.39, 0.29) is 5.91 Å². The highest BCUT2D eigenvalue weighted by Crippen LogP contribution is 2.15. The van der Waals surface area contributed by atoms with E-state index in [0.29, 0.717) is 18.0 Å². The number of aryl methyl sites for hydroxylation is 1. The fourth-order valence-electron chi connectivity index (χ4n) is 3.71. The summed E-state index contributed by atoms with van der Waals surface area (Å²) in [4.78, 5) is 30.0. The zero-order valence-electron chi connectivity index (χ0n) is 18.2. The van der Waals surface area contributed by atoms with E-state index in [1.807, 2.05) is 18.3 Å². The van der Waals surface area contributed by atoms with Gasteiger partial charge in [-0.15, -0.1) is 0 Å². The highest BCUT2D eigenvalue weighted by molar-refractivity contribution is 5.93. The normalized spacial score (nSPS) is 14.3. The number of hydrogen-bond donors (Lipinski definition) is 1. The fourth-order valence-corrected chi connectivity index (χ4v) is 3.71. The lowest BCUT2D eigenvalue weighted by atomic mass is 10.1. The van der Waals surface area contributed by atoms with Crippen molar-refractivity contribution in [1.82, 2.24) is 25.2 Å². The minimum Gasteiger partial charge on any atom is -0.481 e. The lowest BCUT2D eigenvalue weighted by molar-refractivity contribution is 0.0947. The molecule has 0 aliphatic carbocycles. The number of nitrogens with one attached hydrogen (secondary N) is 1. The SMILES string of the molecule is COc1ccnc(N2CCN(CCCc3cncc(C(=O)NCc4ccco4)c3)CC2)n1. The van der Waals surface area contributed by atoms with E-state index < -0.39 is 0 Å². The van der Waals surface area contributed by atoms with Crippen molar-refractivity contribution in [3.05, 3.63) is 66.0 Å². The van der Waals surface area contributed by atoms with Gasteiger partial charge in [0.1, 0.15) is 5.76 Å². The van der Waals surface area contributed by atoms with Gasteiger partial charge in [-0.05, 0) is 43.1 Å². The van der Waals surface area contributed by atoms with Crippen molar-refractivity contribution in [2.45, 2.75) is 19.4 Å². The second-order valence-corrected chi connectivity index (χ2v) is 7.68. The van der Waals surface area contributed by atoms with Crippen LogP contribution in [0.5, 0.6) is 5.88 Å². The van der Waals surface area contributed by atoms with Crippen LogP contribution in [0.3, 0.4) is 0 Å². The number of piperazine rings is 1. The first-order valence-corrected chi connectivity index (χ1v) is 10.8. The van der Waals surface area contributed by atoms with Gasteiger partial charge in [-0.1, -0.05) is 0 Å². The maximum atomic E-state index is 12.4. The molecule has 1 fully saturated rings. The Balaban J connectivity index is 1.20. The molecule has 1 N–H and O–H groups in total. The summed E-state index contributed by atoms with van der Waals surface area (Å²) in [5.41, 5.74) is 1.64. The lowest BCUT2D eigenvalue weighted by Crippen LogP contribution is -2.47. The van der Waals surface area contributed by atoms with Gasteiger partial charge in [0.05, 0.1) is 25.5 Å². The third-order valence-corrected chi connectivity index (χ3v) is 5.48. The van der Waals surface area contributed by atoms with Crippen molar-refractivity contribution < 1.29 is 13.9 Å². The number of hydrogen-bond acceptors (Lipinski definition) is 8. The number of furan rings is 1. The molecular formula is C23H28N6O3. The molecule has 1 aliphatic heterocycles. The maximum Gasteiger partial charge on any atom is 0.253 e. The van der Waals surface area contributed by atoms with Crippen molar-refractivity contribution in [2.75, 3.05) is 44.7 Å². The number of methoxy groups -OCH3 is 1.